The van der Waals surface area contributed by atoms with E-state index in [0.29, 0.717) is 30.1 Å². The van der Waals surface area contributed by atoms with Crippen molar-refractivity contribution in [3.8, 4) is 0 Å². The van der Waals surface area contributed by atoms with E-state index in [9.17, 15) is 9.50 Å². The van der Waals surface area contributed by atoms with E-state index >= 15 is 0 Å². The van der Waals surface area contributed by atoms with Crippen molar-refractivity contribution < 1.29 is 14.0 Å². The van der Waals surface area contributed by atoms with E-state index < -0.39 is 5.60 Å². The number of aromatic nitrogens is 2. The third-order valence-electron chi connectivity index (χ3n) is 3.58. The van der Waals surface area contributed by atoms with Crippen molar-refractivity contribution in [1.29, 1.82) is 0 Å². The Labute approximate surface area is 110 Å². The van der Waals surface area contributed by atoms with Crippen LogP contribution in [0.1, 0.15) is 36.5 Å². The Kier molecular flexibility index (Phi) is 3.06. The van der Waals surface area contributed by atoms with Crippen molar-refractivity contribution >= 4 is 0 Å². The molecule has 0 radical (unpaired) electrons. The maximum atomic E-state index is 13.5. The third kappa shape index (κ3) is 2.66. The monoisotopic (exact) mass is 262 g/mol. The van der Waals surface area contributed by atoms with Gasteiger partial charge in [0.1, 0.15) is 5.82 Å². The number of halogens is 1. The Bertz CT molecular complexity index is 578. The van der Waals surface area contributed by atoms with Crippen LogP contribution in [0.25, 0.3) is 0 Å². The molecule has 0 bridgehead atoms. The van der Waals surface area contributed by atoms with Gasteiger partial charge in [-0.3, -0.25) is 0 Å². The molecule has 1 aromatic carbocycles. The summed E-state index contributed by atoms with van der Waals surface area (Å²) in [6.07, 6.45) is 3.27. The number of benzene rings is 1. The topological polar surface area (TPSA) is 59.2 Å². The lowest BCUT2D eigenvalue weighted by Gasteiger charge is -2.35. The predicted octanol–water partition coefficient (Wildman–Crippen LogP) is 2.26. The zero-order chi connectivity index (χ0) is 13.3. The minimum atomic E-state index is -0.679. The van der Waals surface area contributed by atoms with Crippen LogP contribution in [0.3, 0.4) is 0 Å². The molecule has 1 aliphatic carbocycles. The fourth-order valence-corrected chi connectivity index (χ4v) is 2.29. The van der Waals surface area contributed by atoms with Crippen LogP contribution < -0.4 is 0 Å². The van der Waals surface area contributed by atoms with Crippen LogP contribution in [0.5, 0.6) is 0 Å². The molecule has 1 saturated carbocycles. The van der Waals surface area contributed by atoms with E-state index in [4.69, 9.17) is 4.52 Å². The van der Waals surface area contributed by atoms with E-state index in [-0.39, 0.29) is 5.82 Å². The molecule has 100 valence electrons. The lowest BCUT2D eigenvalue weighted by atomic mass is 9.78. The summed E-state index contributed by atoms with van der Waals surface area (Å²) in [6.45, 7) is 0. The molecule has 0 amide bonds. The fraction of sp³-hybridized carbons (Fsp3) is 0.429. The summed E-state index contributed by atoms with van der Waals surface area (Å²) in [5.41, 5.74) is -0.140. The summed E-state index contributed by atoms with van der Waals surface area (Å²) >= 11 is 0. The number of hydrogen-bond donors (Lipinski definition) is 1. The van der Waals surface area contributed by atoms with Crippen molar-refractivity contribution in [1.82, 2.24) is 10.1 Å². The van der Waals surface area contributed by atoms with Gasteiger partial charge < -0.3 is 9.63 Å². The molecule has 0 spiro atoms. The molecule has 0 atom stereocenters. The Morgan fingerprint density at radius 2 is 2.11 bits per heavy atom. The number of aliphatic hydroxyl groups is 1. The Morgan fingerprint density at radius 3 is 2.79 bits per heavy atom. The standard InChI is InChI=1S/C14H15FN2O2/c15-11-5-2-1-4-10(11)8-12-16-13(19-17-12)9-14(18)6-3-7-14/h1-2,4-5,18H,3,6-9H2. The number of rotatable bonds is 4. The predicted molar refractivity (Wildman–Crippen MR) is 66.0 cm³/mol. The van der Waals surface area contributed by atoms with Crippen molar-refractivity contribution in [3.63, 3.8) is 0 Å². The second kappa shape index (κ2) is 4.74. The smallest absolute Gasteiger partial charge is 0.229 e. The fourth-order valence-electron chi connectivity index (χ4n) is 2.29. The molecule has 5 heteroatoms. The minimum Gasteiger partial charge on any atom is -0.389 e. The van der Waals surface area contributed by atoms with E-state index in [1.54, 1.807) is 18.2 Å². The average Bonchev–Trinajstić information content (AvgIpc) is 2.78. The molecule has 1 N–H and O–H groups in total. The van der Waals surface area contributed by atoms with Crippen molar-refractivity contribution in [2.75, 3.05) is 0 Å². The van der Waals surface area contributed by atoms with Gasteiger partial charge in [0, 0.05) is 6.42 Å². The zero-order valence-electron chi connectivity index (χ0n) is 10.5. The summed E-state index contributed by atoms with van der Waals surface area (Å²) in [7, 11) is 0. The second-order valence-electron chi connectivity index (χ2n) is 5.13. The molecular weight excluding hydrogens is 247 g/mol. The van der Waals surface area contributed by atoms with Gasteiger partial charge in [-0.15, -0.1) is 0 Å². The van der Waals surface area contributed by atoms with Gasteiger partial charge in [-0.05, 0) is 30.9 Å². The van der Waals surface area contributed by atoms with Crippen LogP contribution in [0.15, 0.2) is 28.8 Å². The SMILES string of the molecule is OC1(Cc2nc(Cc3ccccc3F)no2)CCC1. The van der Waals surface area contributed by atoms with Crippen LogP contribution in [0.4, 0.5) is 4.39 Å². The normalized spacial score (nSPS) is 17.2. The molecule has 4 nitrogen and oxygen atoms in total. The quantitative estimate of drug-likeness (QED) is 0.918. The molecule has 0 unspecified atom stereocenters. The average molecular weight is 262 g/mol. The summed E-state index contributed by atoms with van der Waals surface area (Å²) in [5, 5.41) is 13.9. The largest absolute Gasteiger partial charge is 0.389 e. The highest BCUT2D eigenvalue weighted by atomic mass is 19.1. The van der Waals surface area contributed by atoms with Gasteiger partial charge in [0.05, 0.1) is 12.0 Å². The van der Waals surface area contributed by atoms with Crippen LogP contribution >= 0.6 is 0 Å². The van der Waals surface area contributed by atoms with Gasteiger partial charge in [-0.25, -0.2) is 4.39 Å². The second-order valence-corrected chi connectivity index (χ2v) is 5.13. The molecular formula is C14H15FN2O2. The highest BCUT2D eigenvalue weighted by Gasteiger charge is 2.36. The zero-order valence-corrected chi connectivity index (χ0v) is 10.5. The van der Waals surface area contributed by atoms with E-state index in [0.717, 1.165) is 19.3 Å². The van der Waals surface area contributed by atoms with Crippen LogP contribution in [0, 0.1) is 5.82 Å². The van der Waals surface area contributed by atoms with Gasteiger partial charge in [0.2, 0.25) is 5.89 Å². The Morgan fingerprint density at radius 1 is 1.32 bits per heavy atom. The third-order valence-corrected chi connectivity index (χ3v) is 3.58. The van der Waals surface area contributed by atoms with E-state index in [1.807, 2.05) is 0 Å². The van der Waals surface area contributed by atoms with Gasteiger partial charge in [-0.2, -0.15) is 4.98 Å². The lowest BCUT2D eigenvalue weighted by molar-refractivity contribution is -0.0378. The van der Waals surface area contributed by atoms with Crippen molar-refractivity contribution in [3.05, 3.63) is 47.4 Å². The van der Waals surface area contributed by atoms with Gasteiger partial charge >= 0.3 is 0 Å². The van der Waals surface area contributed by atoms with Gasteiger partial charge in [0.25, 0.3) is 0 Å². The maximum Gasteiger partial charge on any atom is 0.229 e. The first-order chi connectivity index (χ1) is 9.15. The minimum absolute atomic E-state index is 0.272. The number of nitrogens with zero attached hydrogens (tertiary/aromatic N) is 2. The summed E-state index contributed by atoms with van der Waals surface area (Å²) in [5.74, 6) is 0.600. The van der Waals surface area contributed by atoms with Crippen LogP contribution in [-0.2, 0) is 12.8 Å². The van der Waals surface area contributed by atoms with E-state index in [1.165, 1.54) is 6.07 Å². The molecule has 2 aromatic rings. The molecule has 1 aliphatic rings. The van der Waals surface area contributed by atoms with Gasteiger partial charge in [-0.1, -0.05) is 23.4 Å². The Balaban J connectivity index is 1.70. The van der Waals surface area contributed by atoms with E-state index in [2.05, 4.69) is 10.1 Å². The molecule has 1 fully saturated rings. The van der Waals surface area contributed by atoms with Crippen molar-refractivity contribution in [2.24, 2.45) is 0 Å². The van der Waals surface area contributed by atoms with Gasteiger partial charge in [0.15, 0.2) is 5.82 Å². The first-order valence-electron chi connectivity index (χ1n) is 6.42. The number of hydrogen-bond acceptors (Lipinski definition) is 4. The first-order valence-corrected chi connectivity index (χ1v) is 6.42. The Hall–Kier alpha value is -1.75. The lowest BCUT2D eigenvalue weighted by Crippen LogP contribution is -2.39. The molecule has 0 aliphatic heterocycles. The first kappa shape index (κ1) is 12.3. The summed E-state index contributed by atoms with van der Waals surface area (Å²) in [4.78, 5) is 4.21. The molecule has 1 aromatic heterocycles. The maximum absolute atomic E-state index is 13.5. The highest BCUT2D eigenvalue weighted by molar-refractivity contribution is 5.20. The molecule has 19 heavy (non-hydrogen) atoms. The molecule has 3 rings (SSSR count). The summed E-state index contributed by atoms with van der Waals surface area (Å²) in [6, 6.07) is 6.53. The molecule has 0 saturated heterocycles. The highest BCUT2D eigenvalue weighted by Crippen LogP contribution is 2.34. The van der Waals surface area contributed by atoms with Crippen molar-refractivity contribution in [2.45, 2.75) is 37.7 Å². The van der Waals surface area contributed by atoms with Crippen LogP contribution in [0.2, 0.25) is 0 Å². The van der Waals surface area contributed by atoms with Crippen LogP contribution in [-0.4, -0.2) is 20.8 Å². The molecule has 1 heterocycles. The summed E-state index contributed by atoms with van der Waals surface area (Å²) < 4.78 is 18.6.